The zero-order chi connectivity index (χ0) is 17.4. The summed E-state index contributed by atoms with van der Waals surface area (Å²) in [4.78, 5) is 16.8. The smallest absolute Gasteiger partial charge is 0.315 e. The lowest BCUT2D eigenvalue weighted by molar-refractivity contribution is 0.205. The van der Waals surface area contributed by atoms with Crippen LogP contribution in [-0.4, -0.2) is 28.8 Å². The molecule has 5 heteroatoms. The molecule has 24 heavy (non-hydrogen) atoms. The van der Waals surface area contributed by atoms with E-state index in [0.717, 1.165) is 17.7 Å². The Morgan fingerprint density at radius 1 is 1.08 bits per heavy atom. The van der Waals surface area contributed by atoms with Gasteiger partial charge in [0, 0.05) is 6.20 Å². The van der Waals surface area contributed by atoms with Gasteiger partial charge in [-0.2, -0.15) is 0 Å². The van der Waals surface area contributed by atoms with Crippen LogP contribution in [-0.2, 0) is 0 Å². The van der Waals surface area contributed by atoms with Gasteiger partial charge in [-0.3, -0.25) is 4.98 Å². The van der Waals surface area contributed by atoms with E-state index in [1.165, 1.54) is 0 Å². The number of nitrogens with zero attached hydrogens (tertiary/aromatic N) is 1. The van der Waals surface area contributed by atoms with Crippen molar-refractivity contribution in [1.82, 2.24) is 15.6 Å². The Kier molecular flexibility index (Phi) is 6.75. The predicted octanol–water partition coefficient (Wildman–Crippen LogP) is 2.88. The summed E-state index contributed by atoms with van der Waals surface area (Å²) in [7, 11) is 0. The highest BCUT2D eigenvalue weighted by molar-refractivity contribution is 5.75. The molecule has 0 fully saturated rings. The number of benzene rings is 1. The van der Waals surface area contributed by atoms with E-state index in [-0.39, 0.29) is 24.7 Å². The lowest BCUT2D eigenvalue weighted by atomic mass is 10.0. The maximum absolute atomic E-state index is 12.4. The summed E-state index contributed by atoms with van der Waals surface area (Å²) in [6.45, 7) is 4.04. The Labute approximate surface area is 143 Å². The topological polar surface area (TPSA) is 74.2 Å². The standard InChI is InChI=1S/C19H25N3O2/c1-14(2)12-16(13-23)21-19(24)22-18(15-8-4-3-5-9-15)17-10-6-7-11-20-17/h3-11,14,16,18,23H,12-13H2,1-2H3,(H2,21,22,24). The van der Waals surface area contributed by atoms with Gasteiger partial charge < -0.3 is 15.7 Å². The fourth-order valence-corrected chi connectivity index (χ4v) is 2.63. The number of nitrogens with one attached hydrogen (secondary N) is 2. The summed E-state index contributed by atoms with van der Waals surface area (Å²) in [5.74, 6) is 0.392. The second-order valence-corrected chi connectivity index (χ2v) is 6.23. The summed E-state index contributed by atoms with van der Waals surface area (Å²) in [5.41, 5.74) is 1.72. The number of aromatic nitrogens is 1. The highest BCUT2D eigenvalue weighted by Crippen LogP contribution is 2.19. The second kappa shape index (κ2) is 9.03. The number of hydrogen-bond acceptors (Lipinski definition) is 3. The molecule has 0 radical (unpaired) electrons. The Bertz CT molecular complexity index is 578. The van der Waals surface area contributed by atoms with Crippen LogP contribution in [0.3, 0.4) is 0 Å². The number of urea groups is 1. The van der Waals surface area contributed by atoms with Crippen LogP contribution >= 0.6 is 0 Å². The van der Waals surface area contributed by atoms with Crippen LogP contribution in [0.4, 0.5) is 4.79 Å². The van der Waals surface area contributed by atoms with Gasteiger partial charge in [-0.05, 0) is 30.0 Å². The predicted molar refractivity (Wildman–Crippen MR) is 94.5 cm³/mol. The van der Waals surface area contributed by atoms with Crippen molar-refractivity contribution in [2.75, 3.05) is 6.61 Å². The highest BCUT2D eigenvalue weighted by Gasteiger charge is 2.20. The van der Waals surface area contributed by atoms with Gasteiger partial charge in [-0.15, -0.1) is 0 Å². The van der Waals surface area contributed by atoms with E-state index in [2.05, 4.69) is 29.5 Å². The van der Waals surface area contributed by atoms with Crippen molar-refractivity contribution >= 4 is 6.03 Å². The quantitative estimate of drug-likeness (QED) is 0.732. The third-order valence-electron chi connectivity index (χ3n) is 3.70. The van der Waals surface area contributed by atoms with Gasteiger partial charge in [0.1, 0.15) is 0 Å². The molecule has 0 aliphatic heterocycles. The van der Waals surface area contributed by atoms with Crippen LogP contribution in [0.5, 0.6) is 0 Å². The molecular formula is C19H25N3O2. The van der Waals surface area contributed by atoms with Gasteiger partial charge in [-0.25, -0.2) is 4.79 Å². The minimum atomic E-state index is -0.342. The van der Waals surface area contributed by atoms with Crippen molar-refractivity contribution in [3.05, 3.63) is 66.0 Å². The van der Waals surface area contributed by atoms with E-state index in [0.29, 0.717) is 5.92 Å². The summed E-state index contributed by atoms with van der Waals surface area (Å²) in [6, 6.07) is 14.4. The molecule has 2 rings (SSSR count). The normalized spacial score (nSPS) is 13.3. The average molecular weight is 327 g/mol. The molecule has 3 N–H and O–H groups in total. The minimum Gasteiger partial charge on any atom is -0.394 e. The summed E-state index contributed by atoms with van der Waals surface area (Å²) in [5, 5.41) is 15.2. The molecule has 0 saturated heterocycles. The molecule has 0 spiro atoms. The van der Waals surface area contributed by atoms with Crippen LogP contribution in [0.1, 0.15) is 37.6 Å². The van der Waals surface area contributed by atoms with Crippen molar-refractivity contribution in [2.45, 2.75) is 32.4 Å². The molecule has 2 aromatic rings. The zero-order valence-corrected chi connectivity index (χ0v) is 14.1. The van der Waals surface area contributed by atoms with Crippen molar-refractivity contribution in [2.24, 2.45) is 5.92 Å². The maximum atomic E-state index is 12.4. The number of hydrogen-bond donors (Lipinski definition) is 3. The first kappa shape index (κ1) is 17.9. The van der Waals surface area contributed by atoms with E-state index in [9.17, 15) is 9.90 Å². The van der Waals surface area contributed by atoms with E-state index in [1.54, 1.807) is 6.20 Å². The first-order valence-electron chi connectivity index (χ1n) is 8.24. The number of aliphatic hydroxyl groups is 1. The van der Waals surface area contributed by atoms with E-state index in [4.69, 9.17) is 0 Å². The fourth-order valence-electron chi connectivity index (χ4n) is 2.63. The minimum absolute atomic E-state index is 0.0782. The molecule has 2 unspecified atom stereocenters. The Morgan fingerprint density at radius 3 is 2.38 bits per heavy atom. The van der Waals surface area contributed by atoms with E-state index >= 15 is 0 Å². The molecule has 0 aliphatic rings. The number of amides is 2. The monoisotopic (exact) mass is 327 g/mol. The molecule has 2 atom stereocenters. The van der Waals surface area contributed by atoms with Crippen molar-refractivity contribution < 1.29 is 9.90 Å². The largest absolute Gasteiger partial charge is 0.394 e. The summed E-state index contributed by atoms with van der Waals surface area (Å²) >= 11 is 0. The van der Waals surface area contributed by atoms with Gasteiger partial charge >= 0.3 is 6.03 Å². The molecular weight excluding hydrogens is 302 g/mol. The first-order valence-corrected chi connectivity index (χ1v) is 8.24. The fraction of sp³-hybridized carbons (Fsp3) is 0.368. The molecule has 5 nitrogen and oxygen atoms in total. The molecule has 0 bridgehead atoms. The lowest BCUT2D eigenvalue weighted by Crippen LogP contribution is -2.45. The van der Waals surface area contributed by atoms with Crippen molar-refractivity contribution in [3.63, 3.8) is 0 Å². The molecule has 128 valence electrons. The molecule has 0 saturated carbocycles. The second-order valence-electron chi connectivity index (χ2n) is 6.23. The van der Waals surface area contributed by atoms with Crippen molar-refractivity contribution in [1.29, 1.82) is 0 Å². The molecule has 1 aromatic carbocycles. The molecule has 2 amide bonds. The molecule has 0 aliphatic carbocycles. The number of rotatable bonds is 7. The molecule has 1 aromatic heterocycles. The summed E-state index contributed by atoms with van der Waals surface area (Å²) in [6.07, 6.45) is 2.43. The molecule has 1 heterocycles. The highest BCUT2D eigenvalue weighted by atomic mass is 16.3. The third kappa shape index (κ3) is 5.35. The van der Waals surface area contributed by atoms with Crippen LogP contribution in [0.2, 0.25) is 0 Å². The Morgan fingerprint density at radius 2 is 1.79 bits per heavy atom. The SMILES string of the molecule is CC(C)CC(CO)NC(=O)NC(c1ccccc1)c1ccccn1. The summed E-state index contributed by atoms with van der Waals surface area (Å²) < 4.78 is 0. The average Bonchev–Trinajstić information content (AvgIpc) is 2.60. The van der Waals surface area contributed by atoms with Gasteiger partial charge in [0.15, 0.2) is 0 Å². The third-order valence-corrected chi connectivity index (χ3v) is 3.70. The number of pyridine rings is 1. The first-order chi connectivity index (χ1) is 11.6. The van der Waals surface area contributed by atoms with Gasteiger partial charge in [0.2, 0.25) is 0 Å². The van der Waals surface area contributed by atoms with E-state index < -0.39 is 0 Å². The van der Waals surface area contributed by atoms with Crippen molar-refractivity contribution in [3.8, 4) is 0 Å². The van der Waals surface area contributed by atoms with Gasteiger partial charge in [0.25, 0.3) is 0 Å². The van der Waals surface area contributed by atoms with Crippen LogP contribution < -0.4 is 10.6 Å². The number of carbonyl (C=O) groups excluding carboxylic acids is 1. The maximum Gasteiger partial charge on any atom is 0.315 e. The van der Waals surface area contributed by atoms with Gasteiger partial charge in [0.05, 0.1) is 24.4 Å². The van der Waals surface area contributed by atoms with Crippen LogP contribution in [0.15, 0.2) is 54.7 Å². The lowest BCUT2D eigenvalue weighted by Gasteiger charge is -2.23. The van der Waals surface area contributed by atoms with Crippen LogP contribution in [0.25, 0.3) is 0 Å². The zero-order valence-electron chi connectivity index (χ0n) is 14.1. The van der Waals surface area contributed by atoms with Crippen LogP contribution in [0, 0.1) is 5.92 Å². The Balaban J connectivity index is 2.12. The van der Waals surface area contributed by atoms with E-state index in [1.807, 2.05) is 48.5 Å². The number of carbonyl (C=O) groups is 1. The number of aliphatic hydroxyl groups excluding tert-OH is 1. The Hall–Kier alpha value is -2.40. The van der Waals surface area contributed by atoms with Gasteiger partial charge in [-0.1, -0.05) is 50.2 Å².